The monoisotopic (exact) mass is 501 g/mol. The lowest BCUT2D eigenvalue weighted by molar-refractivity contribution is -0.113. The Morgan fingerprint density at radius 2 is 1.82 bits per heavy atom. The second kappa shape index (κ2) is 11.9. The first kappa shape index (κ1) is 25.6. The highest BCUT2D eigenvalue weighted by Crippen LogP contribution is 2.25. The first-order valence-corrected chi connectivity index (χ1v) is 12.3. The number of rotatable bonds is 10. The number of benzene rings is 2. The summed E-state index contributed by atoms with van der Waals surface area (Å²) < 4.78 is 7.21. The fourth-order valence-electron chi connectivity index (χ4n) is 3.24. The molecule has 0 spiro atoms. The third-order valence-corrected chi connectivity index (χ3v) is 6.35. The first-order chi connectivity index (χ1) is 16.3. The van der Waals surface area contributed by atoms with Gasteiger partial charge in [0.25, 0.3) is 5.91 Å². The molecule has 2 aromatic carbocycles. The van der Waals surface area contributed by atoms with Gasteiger partial charge in [-0.05, 0) is 49.2 Å². The highest BCUT2D eigenvalue weighted by atomic mass is 35.5. The van der Waals surface area contributed by atoms with Crippen LogP contribution in [-0.2, 0) is 11.8 Å². The molecule has 2 N–H and O–H groups in total. The predicted octanol–water partition coefficient (Wildman–Crippen LogP) is 4.73. The Morgan fingerprint density at radius 1 is 1.12 bits per heavy atom. The van der Waals surface area contributed by atoms with Crippen LogP contribution in [0.25, 0.3) is 0 Å². The van der Waals surface area contributed by atoms with Crippen molar-refractivity contribution in [1.29, 1.82) is 0 Å². The molecule has 0 radical (unpaired) electrons. The van der Waals surface area contributed by atoms with E-state index in [9.17, 15) is 9.59 Å². The van der Waals surface area contributed by atoms with Gasteiger partial charge in [-0.1, -0.05) is 49.3 Å². The van der Waals surface area contributed by atoms with Gasteiger partial charge >= 0.3 is 0 Å². The molecule has 1 heterocycles. The summed E-state index contributed by atoms with van der Waals surface area (Å²) in [6.07, 6.45) is 0. The second-order valence-corrected chi connectivity index (χ2v) is 9.22. The zero-order chi connectivity index (χ0) is 24.7. The molecule has 0 unspecified atom stereocenters. The van der Waals surface area contributed by atoms with Gasteiger partial charge in [0, 0.05) is 12.7 Å². The molecule has 0 aliphatic carbocycles. The van der Waals surface area contributed by atoms with Crippen LogP contribution in [0.15, 0.2) is 53.7 Å². The third-order valence-electron chi connectivity index (χ3n) is 5.00. The largest absolute Gasteiger partial charge is 0.494 e. The molecule has 3 rings (SSSR count). The molecule has 0 fully saturated rings. The number of carbonyl (C=O) groups is 2. The molecule has 0 saturated heterocycles. The van der Waals surface area contributed by atoms with Crippen molar-refractivity contribution in [2.45, 2.75) is 32.0 Å². The summed E-state index contributed by atoms with van der Waals surface area (Å²) in [5, 5.41) is 15.4. The maximum absolute atomic E-state index is 12.8. The number of thioether (sulfide) groups is 1. The Bertz CT molecular complexity index is 1130. The molecule has 10 heteroatoms. The van der Waals surface area contributed by atoms with Crippen molar-refractivity contribution >= 4 is 40.9 Å². The van der Waals surface area contributed by atoms with Crippen LogP contribution in [-0.4, -0.2) is 38.9 Å². The average molecular weight is 502 g/mol. The van der Waals surface area contributed by atoms with Crippen LogP contribution in [0.3, 0.4) is 0 Å². The molecule has 0 bridgehead atoms. The van der Waals surface area contributed by atoms with Gasteiger partial charge in [-0.2, -0.15) is 0 Å². The molecule has 3 aromatic rings. The topological polar surface area (TPSA) is 98.1 Å². The molecular formula is C24H28ClN5O3S. The highest BCUT2D eigenvalue weighted by Gasteiger charge is 2.26. The van der Waals surface area contributed by atoms with Gasteiger partial charge in [0.15, 0.2) is 11.0 Å². The average Bonchev–Trinajstić information content (AvgIpc) is 3.17. The van der Waals surface area contributed by atoms with Crippen molar-refractivity contribution in [2.75, 3.05) is 17.7 Å². The number of anilines is 1. The number of halogens is 1. The van der Waals surface area contributed by atoms with E-state index in [0.29, 0.717) is 33.9 Å². The minimum atomic E-state index is -0.381. The van der Waals surface area contributed by atoms with Gasteiger partial charge in [0.05, 0.1) is 29.0 Å². The Hall–Kier alpha value is -3.04. The maximum Gasteiger partial charge on any atom is 0.253 e. The van der Waals surface area contributed by atoms with E-state index in [1.165, 1.54) is 11.8 Å². The number of hydrogen-bond donors (Lipinski definition) is 2. The minimum Gasteiger partial charge on any atom is -0.494 e. The zero-order valence-corrected chi connectivity index (χ0v) is 21.1. The van der Waals surface area contributed by atoms with E-state index < -0.39 is 0 Å². The van der Waals surface area contributed by atoms with Crippen LogP contribution in [0.5, 0.6) is 5.75 Å². The van der Waals surface area contributed by atoms with E-state index in [0.717, 1.165) is 5.75 Å². The molecule has 2 amide bonds. The molecule has 0 aliphatic rings. The molecule has 8 nitrogen and oxygen atoms in total. The minimum absolute atomic E-state index is 0.0511. The summed E-state index contributed by atoms with van der Waals surface area (Å²) >= 11 is 7.44. The van der Waals surface area contributed by atoms with Crippen LogP contribution in [0, 0.1) is 5.92 Å². The van der Waals surface area contributed by atoms with Crippen molar-refractivity contribution in [1.82, 2.24) is 20.1 Å². The van der Waals surface area contributed by atoms with Crippen molar-refractivity contribution in [3.8, 4) is 5.75 Å². The van der Waals surface area contributed by atoms with Crippen LogP contribution in [0.2, 0.25) is 5.02 Å². The number of amides is 2. The Labute approximate surface area is 208 Å². The van der Waals surface area contributed by atoms with Gasteiger partial charge in [-0.15, -0.1) is 10.2 Å². The summed E-state index contributed by atoms with van der Waals surface area (Å²) in [4.78, 5) is 25.2. The lowest BCUT2D eigenvalue weighted by atomic mass is 10.0. The summed E-state index contributed by atoms with van der Waals surface area (Å²) in [6, 6.07) is 13.7. The van der Waals surface area contributed by atoms with Crippen molar-refractivity contribution in [3.63, 3.8) is 0 Å². The lowest BCUT2D eigenvalue weighted by Crippen LogP contribution is -2.33. The van der Waals surface area contributed by atoms with Gasteiger partial charge < -0.3 is 19.9 Å². The Kier molecular flexibility index (Phi) is 8.95. The Balaban J connectivity index is 1.63. The second-order valence-electron chi connectivity index (χ2n) is 7.87. The molecule has 1 aromatic heterocycles. The number of ether oxygens (including phenoxy) is 1. The zero-order valence-electron chi connectivity index (χ0n) is 19.5. The summed E-state index contributed by atoms with van der Waals surface area (Å²) in [5.41, 5.74) is 1.09. The summed E-state index contributed by atoms with van der Waals surface area (Å²) in [7, 11) is 1.82. The fraction of sp³-hybridized carbons (Fsp3) is 0.333. The third kappa shape index (κ3) is 6.51. The van der Waals surface area contributed by atoms with E-state index in [1.54, 1.807) is 41.0 Å². The van der Waals surface area contributed by atoms with Crippen molar-refractivity contribution < 1.29 is 14.3 Å². The molecule has 180 valence electrons. The lowest BCUT2D eigenvalue weighted by Gasteiger charge is -2.22. The predicted molar refractivity (Wildman–Crippen MR) is 134 cm³/mol. The normalized spacial score (nSPS) is 11.8. The standard InChI is InChI=1S/C24H28ClN5O3S/c1-5-33-17-12-10-16(11-13-17)26-20(31)14-34-24-29-28-22(30(24)4)21(15(2)3)27-23(32)18-8-6-7-9-19(18)25/h6-13,15,21H,5,14H2,1-4H3,(H,26,31)(H,27,32)/t21-/m0/s1. The molecular weight excluding hydrogens is 474 g/mol. The van der Waals surface area contributed by atoms with Gasteiger partial charge in [0.1, 0.15) is 5.75 Å². The molecule has 0 saturated carbocycles. The van der Waals surface area contributed by atoms with E-state index >= 15 is 0 Å². The van der Waals surface area contributed by atoms with E-state index in [2.05, 4.69) is 20.8 Å². The fourth-order valence-corrected chi connectivity index (χ4v) is 4.18. The van der Waals surface area contributed by atoms with Gasteiger partial charge in [-0.3, -0.25) is 9.59 Å². The van der Waals surface area contributed by atoms with Gasteiger partial charge in [0.2, 0.25) is 5.91 Å². The first-order valence-electron chi connectivity index (χ1n) is 10.9. The Morgan fingerprint density at radius 3 is 2.47 bits per heavy atom. The van der Waals surface area contributed by atoms with E-state index in [1.807, 2.05) is 40.0 Å². The summed E-state index contributed by atoms with van der Waals surface area (Å²) in [5.74, 6) is 1.13. The number of hydrogen-bond acceptors (Lipinski definition) is 6. The SMILES string of the molecule is CCOc1ccc(NC(=O)CSc2nnc([C@@H](NC(=O)c3ccccc3Cl)C(C)C)n2C)cc1. The van der Waals surface area contributed by atoms with E-state index in [-0.39, 0.29) is 29.5 Å². The number of aromatic nitrogens is 3. The van der Waals surface area contributed by atoms with Gasteiger partial charge in [-0.25, -0.2) is 0 Å². The van der Waals surface area contributed by atoms with Crippen molar-refractivity contribution in [2.24, 2.45) is 13.0 Å². The van der Waals surface area contributed by atoms with Crippen LogP contribution in [0.1, 0.15) is 43.0 Å². The van der Waals surface area contributed by atoms with E-state index in [4.69, 9.17) is 16.3 Å². The smallest absolute Gasteiger partial charge is 0.253 e. The van der Waals surface area contributed by atoms with Crippen LogP contribution < -0.4 is 15.4 Å². The summed E-state index contributed by atoms with van der Waals surface area (Å²) in [6.45, 7) is 6.48. The van der Waals surface area contributed by atoms with Crippen LogP contribution >= 0.6 is 23.4 Å². The van der Waals surface area contributed by atoms with Crippen molar-refractivity contribution in [3.05, 3.63) is 64.9 Å². The number of nitrogens with one attached hydrogen (secondary N) is 2. The molecule has 0 aliphatic heterocycles. The molecule has 1 atom stereocenters. The highest BCUT2D eigenvalue weighted by molar-refractivity contribution is 7.99. The van der Waals surface area contributed by atoms with Crippen LogP contribution in [0.4, 0.5) is 5.69 Å². The maximum atomic E-state index is 12.8. The number of nitrogens with zero attached hydrogens (tertiary/aromatic N) is 3. The molecule has 34 heavy (non-hydrogen) atoms. The quantitative estimate of drug-likeness (QED) is 0.390. The number of carbonyl (C=O) groups excluding carboxylic acids is 2.